The number of carboxylic acid groups (broad SMARTS) is 1. The number of benzene rings is 1. The number of likely N-dealkylation sites (tertiary alicyclic amines) is 1. The summed E-state index contributed by atoms with van der Waals surface area (Å²) in [6.45, 7) is 4.49. The molecule has 1 aliphatic heterocycles. The summed E-state index contributed by atoms with van der Waals surface area (Å²) in [5.74, 6) is 0.187. The Balaban J connectivity index is 1.43. The zero-order chi connectivity index (χ0) is 17.4. The highest BCUT2D eigenvalue weighted by atomic mass is 16.5. The highest BCUT2D eigenvalue weighted by molar-refractivity contribution is 5.73. The normalized spacial score (nSPS) is 22.0. The van der Waals surface area contributed by atoms with Gasteiger partial charge in [-0.25, -0.2) is 0 Å². The van der Waals surface area contributed by atoms with Crippen molar-refractivity contribution >= 4 is 11.5 Å². The molecule has 25 heavy (non-hydrogen) atoms. The summed E-state index contributed by atoms with van der Waals surface area (Å²) >= 11 is 0. The van der Waals surface area contributed by atoms with Gasteiger partial charge in [-0.2, -0.15) is 0 Å². The van der Waals surface area contributed by atoms with Crippen LogP contribution in [0.1, 0.15) is 50.2 Å². The molecule has 2 aliphatic carbocycles. The first-order valence-electron chi connectivity index (χ1n) is 9.54. The SMILES string of the molecule is CC1=C(CN2CC(C(=O)O)C2)CCc2cc(OC3CCCC3)ccc21. The number of aryl methyl sites for hydroxylation is 1. The van der Waals surface area contributed by atoms with Crippen LogP contribution in [-0.2, 0) is 11.2 Å². The molecule has 1 aromatic carbocycles. The molecule has 3 aliphatic rings. The van der Waals surface area contributed by atoms with E-state index in [0.717, 1.165) is 25.1 Å². The molecule has 4 heteroatoms. The van der Waals surface area contributed by atoms with E-state index in [2.05, 4.69) is 30.0 Å². The Hall–Kier alpha value is -1.81. The molecule has 0 unspecified atom stereocenters. The molecular formula is C21H27NO3. The van der Waals surface area contributed by atoms with Gasteiger partial charge >= 0.3 is 5.97 Å². The smallest absolute Gasteiger partial charge is 0.309 e. The Labute approximate surface area is 149 Å². The van der Waals surface area contributed by atoms with Gasteiger partial charge in [0.05, 0.1) is 12.0 Å². The van der Waals surface area contributed by atoms with E-state index in [1.807, 2.05) is 0 Å². The minimum Gasteiger partial charge on any atom is -0.490 e. The van der Waals surface area contributed by atoms with E-state index < -0.39 is 5.97 Å². The zero-order valence-corrected chi connectivity index (χ0v) is 15.0. The largest absolute Gasteiger partial charge is 0.490 e. The average Bonchev–Trinajstić information content (AvgIpc) is 3.05. The van der Waals surface area contributed by atoms with Gasteiger partial charge in [-0.3, -0.25) is 9.69 Å². The summed E-state index contributed by atoms with van der Waals surface area (Å²) in [5.41, 5.74) is 5.56. The molecule has 1 aromatic rings. The second-order valence-corrected chi connectivity index (χ2v) is 7.80. The summed E-state index contributed by atoms with van der Waals surface area (Å²) in [4.78, 5) is 13.2. The maximum absolute atomic E-state index is 11.0. The molecule has 0 aromatic heterocycles. The summed E-state index contributed by atoms with van der Waals surface area (Å²) in [5, 5.41) is 9.02. The Morgan fingerprint density at radius 3 is 2.72 bits per heavy atom. The third-order valence-corrected chi connectivity index (χ3v) is 6.03. The van der Waals surface area contributed by atoms with E-state index in [1.54, 1.807) is 0 Å². The molecule has 2 fully saturated rings. The maximum Gasteiger partial charge on any atom is 0.309 e. The first kappa shape index (κ1) is 16.6. The monoisotopic (exact) mass is 341 g/mol. The fraction of sp³-hybridized carbons (Fsp3) is 0.571. The van der Waals surface area contributed by atoms with Gasteiger partial charge in [-0.1, -0.05) is 11.6 Å². The summed E-state index contributed by atoms with van der Waals surface area (Å²) < 4.78 is 6.15. The lowest BCUT2D eigenvalue weighted by Crippen LogP contribution is -2.50. The van der Waals surface area contributed by atoms with Crippen LogP contribution in [0, 0.1) is 5.92 Å². The maximum atomic E-state index is 11.0. The molecule has 1 N–H and O–H groups in total. The van der Waals surface area contributed by atoms with Crippen LogP contribution < -0.4 is 4.74 Å². The van der Waals surface area contributed by atoms with Crippen molar-refractivity contribution in [3.05, 3.63) is 34.9 Å². The van der Waals surface area contributed by atoms with Gasteiger partial charge in [0, 0.05) is 19.6 Å². The summed E-state index contributed by atoms with van der Waals surface area (Å²) in [6.07, 6.45) is 7.49. The Morgan fingerprint density at radius 1 is 1.24 bits per heavy atom. The molecule has 0 bridgehead atoms. The highest BCUT2D eigenvalue weighted by Crippen LogP contribution is 2.35. The first-order chi connectivity index (χ1) is 12.1. The minimum atomic E-state index is -0.661. The van der Waals surface area contributed by atoms with Crippen molar-refractivity contribution in [2.45, 2.75) is 51.6 Å². The van der Waals surface area contributed by atoms with Crippen LogP contribution in [0.15, 0.2) is 23.8 Å². The second kappa shape index (κ2) is 6.83. The van der Waals surface area contributed by atoms with Gasteiger partial charge in [-0.05, 0) is 74.3 Å². The van der Waals surface area contributed by atoms with Gasteiger partial charge in [0.15, 0.2) is 0 Å². The standard InChI is InChI=1S/C21H27NO3/c1-14-16(11-22-12-17(13-22)21(23)24)7-6-15-10-19(8-9-20(14)15)25-18-4-2-3-5-18/h8-10,17-18H,2-7,11-13H2,1H3,(H,23,24). The van der Waals surface area contributed by atoms with Crippen LogP contribution >= 0.6 is 0 Å². The van der Waals surface area contributed by atoms with Crippen LogP contribution in [0.4, 0.5) is 0 Å². The predicted octanol–water partition coefficient (Wildman–Crippen LogP) is 3.74. The second-order valence-electron chi connectivity index (χ2n) is 7.80. The van der Waals surface area contributed by atoms with Crippen molar-refractivity contribution in [2.24, 2.45) is 5.92 Å². The van der Waals surface area contributed by atoms with Crippen molar-refractivity contribution in [3.63, 3.8) is 0 Å². The molecule has 134 valence electrons. The lowest BCUT2D eigenvalue weighted by molar-refractivity contribution is -0.147. The lowest BCUT2D eigenvalue weighted by Gasteiger charge is -2.38. The minimum absolute atomic E-state index is 0.174. The average molecular weight is 341 g/mol. The molecule has 0 amide bonds. The molecule has 0 spiro atoms. The number of hydrogen-bond donors (Lipinski definition) is 1. The van der Waals surface area contributed by atoms with Gasteiger partial charge in [0.2, 0.25) is 0 Å². The number of allylic oxidation sites excluding steroid dienone is 1. The van der Waals surface area contributed by atoms with Crippen LogP contribution in [-0.4, -0.2) is 41.7 Å². The number of hydrogen-bond acceptors (Lipinski definition) is 3. The van der Waals surface area contributed by atoms with E-state index in [-0.39, 0.29) is 5.92 Å². The lowest BCUT2D eigenvalue weighted by atomic mass is 9.85. The highest BCUT2D eigenvalue weighted by Gasteiger charge is 2.33. The number of ether oxygens (including phenoxy) is 1. The van der Waals surface area contributed by atoms with E-state index >= 15 is 0 Å². The molecule has 0 radical (unpaired) electrons. The molecule has 4 rings (SSSR count). The topological polar surface area (TPSA) is 49.8 Å². The predicted molar refractivity (Wildman–Crippen MR) is 97.8 cm³/mol. The van der Waals surface area contributed by atoms with Crippen molar-refractivity contribution < 1.29 is 14.6 Å². The van der Waals surface area contributed by atoms with E-state index in [9.17, 15) is 4.79 Å². The third-order valence-electron chi connectivity index (χ3n) is 6.03. The van der Waals surface area contributed by atoms with Gasteiger partial charge in [0.25, 0.3) is 0 Å². The number of carbonyl (C=O) groups is 1. The fourth-order valence-corrected chi connectivity index (χ4v) is 4.40. The van der Waals surface area contributed by atoms with Crippen LogP contribution in [0.25, 0.3) is 5.57 Å². The zero-order valence-electron chi connectivity index (χ0n) is 15.0. The number of nitrogens with zero attached hydrogens (tertiary/aromatic N) is 1. The van der Waals surface area contributed by atoms with E-state index in [1.165, 1.54) is 48.0 Å². The molecular weight excluding hydrogens is 314 g/mol. The van der Waals surface area contributed by atoms with Gasteiger partial charge in [0.1, 0.15) is 5.75 Å². The van der Waals surface area contributed by atoms with Crippen LogP contribution in [0.3, 0.4) is 0 Å². The number of aliphatic carboxylic acids is 1. The summed E-state index contributed by atoms with van der Waals surface area (Å²) in [7, 11) is 0. The molecule has 1 saturated heterocycles. The summed E-state index contributed by atoms with van der Waals surface area (Å²) in [6, 6.07) is 6.57. The van der Waals surface area contributed by atoms with Gasteiger partial charge < -0.3 is 9.84 Å². The number of fused-ring (bicyclic) bond motifs is 1. The Bertz CT molecular complexity index is 697. The Kier molecular flexibility index (Phi) is 4.55. The van der Waals surface area contributed by atoms with Crippen molar-refractivity contribution in [1.82, 2.24) is 4.90 Å². The molecule has 4 nitrogen and oxygen atoms in total. The third kappa shape index (κ3) is 3.45. The molecule has 0 atom stereocenters. The number of rotatable bonds is 5. The Morgan fingerprint density at radius 2 is 2.00 bits per heavy atom. The van der Waals surface area contributed by atoms with Crippen molar-refractivity contribution in [2.75, 3.05) is 19.6 Å². The van der Waals surface area contributed by atoms with E-state index in [0.29, 0.717) is 19.2 Å². The quantitative estimate of drug-likeness (QED) is 0.886. The van der Waals surface area contributed by atoms with Crippen molar-refractivity contribution in [1.29, 1.82) is 0 Å². The first-order valence-corrected chi connectivity index (χ1v) is 9.54. The van der Waals surface area contributed by atoms with Crippen LogP contribution in [0.5, 0.6) is 5.75 Å². The molecule has 1 saturated carbocycles. The van der Waals surface area contributed by atoms with Crippen LogP contribution in [0.2, 0.25) is 0 Å². The van der Waals surface area contributed by atoms with Crippen molar-refractivity contribution in [3.8, 4) is 5.75 Å². The number of carboxylic acids is 1. The van der Waals surface area contributed by atoms with Gasteiger partial charge in [-0.15, -0.1) is 0 Å². The van der Waals surface area contributed by atoms with E-state index in [4.69, 9.17) is 9.84 Å². The fourth-order valence-electron chi connectivity index (χ4n) is 4.40. The molecule has 1 heterocycles.